The smallest absolute Gasteiger partial charge is 0.382 e. The molecule has 0 amide bonds. The zero-order valence-corrected chi connectivity index (χ0v) is 87.4. The second kappa shape index (κ2) is 58.2. The van der Waals surface area contributed by atoms with Crippen LogP contribution in [-0.2, 0) is 97.5 Å². The summed E-state index contributed by atoms with van der Waals surface area (Å²) in [7, 11) is -22.9. The normalized spacial score (nSPS) is 10.6. The molecule has 0 saturated carbocycles. The van der Waals surface area contributed by atoms with Crippen LogP contribution in [-0.4, -0.2) is 66.9 Å². The first-order valence-corrected chi connectivity index (χ1v) is 51.1. The number of hydrogen-bond acceptors (Lipinski definition) is 26. The Kier molecular flexibility index (Phi) is 52.5. The summed E-state index contributed by atoms with van der Waals surface area (Å²) in [6.45, 7) is 30.9. The number of ether oxygens (including phenoxy) is 1. The molecule has 700 valence electrons. The van der Waals surface area contributed by atoms with Gasteiger partial charge in [-0.05, 0) is 164 Å². The van der Waals surface area contributed by atoms with Crippen LogP contribution in [0.2, 0.25) is 0 Å². The molecule has 0 radical (unpaired) electrons. The van der Waals surface area contributed by atoms with Gasteiger partial charge in [-0.15, -0.1) is 0 Å². The van der Waals surface area contributed by atoms with Gasteiger partial charge in [0, 0.05) is 96.1 Å². The van der Waals surface area contributed by atoms with Crippen LogP contribution in [0.3, 0.4) is 0 Å². The van der Waals surface area contributed by atoms with Gasteiger partial charge in [0.05, 0.1) is 47.4 Å². The third-order valence-corrected chi connectivity index (χ3v) is 46.5. The Morgan fingerprint density at radius 1 is 0.239 bits per heavy atom. The number of benzene rings is 12. The summed E-state index contributed by atoms with van der Waals surface area (Å²) in [6.07, 6.45) is -0.106. The van der Waals surface area contributed by atoms with E-state index in [0.717, 1.165) is 80.0 Å². The molecule has 0 atom stereocenters. The standard InChI is InChI=1S/2C44H45O3P3.C4H10O.C2H3N.6NO3.2Y/c2*1-32-19-7-13-25-38(32)48(45,39-26-14-8-20-33(39)2)31-44(49(46,40-27-15-9-21-34(40)3)41-28-16-10-22-35(41)4)50(47,42-29-17-11-23-36(42)5)43-30-18-12-24-37(43)6;1-3-5-4-2;1-2-3;6*2-1(3)4;;/h2*7-30,44H,31H2,1-6H3;3-4H2,1-2H3;1H3;;;;;;;;/q;;;;6*-1;2*+3. The van der Waals surface area contributed by atoms with Crippen LogP contribution in [0, 0.1) is 186 Å². The zero-order valence-electron chi connectivity index (χ0n) is 76.4. The number of nitrogens with zero attached hydrogens (tertiary/aromatic N) is 7. The van der Waals surface area contributed by atoms with Crippen molar-refractivity contribution in [2.75, 3.05) is 25.5 Å². The maximum absolute atomic E-state index is 17.2. The van der Waals surface area contributed by atoms with Crippen LogP contribution < -0.4 is 63.7 Å². The molecule has 0 spiro atoms. The summed E-state index contributed by atoms with van der Waals surface area (Å²) >= 11 is 0. The Morgan fingerprint density at radius 2 is 0.328 bits per heavy atom. The minimum Gasteiger partial charge on any atom is -0.382 e. The van der Waals surface area contributed by atoms with E-state index < -0.39 is 84.2 Å². The molecule has 0 N–H and O–H groups in total. The first-order chi connectivity index (χ1) is 62.1. The van der Waals surface area contributed by atoms with E-state index in [1.54, 1.807) is 6.07 Å². The van der Waals surface area contributed by atoms with E-state index in [1.807, 2.05) is 388 Å². The van der Waals surface area contributed by atoms with E-state index in [-0.39, 0.29) is 77.7 Å². The van der Waals surface area contributed by atoms with Crippen LogP contribution in [0.1, 0.15) is 87.5 Å². The monoisotopic (exact) mass is 2090 g/mol. The number of nitriles is 1. The average Bonchev–Trinajstić information content (AvgIpc) is 0.709. The fourth-order valence-corrected chi connectivity index (χ4v) is 45.5. The summed E-state index contributed by atoms with van der Waals surface area (Å²) < 4.78 is 107. The number of rotatable bonds is 22. The van der Waals surface area contributed by atoms with Crippen molar-refractivity contribution >= 4 is 107 Å². The molecule has 0 aromatic heterocycles. The van der Waals surface area contributed by atoms with Gasteiger partial charge in [-0.2, -0.15) is 5.26 Å². The van der Waals surface area contributed by atoms with Gasteiger partial charge in [-0.25, -0.2) is 0 Å². The fraction of sp³-hybridized carbons (Fsp3) is 0.223. The summed E-state index contributed by atoms with van der Waals surface area (Å²) in [4.78, 5) is 49.5. The molecule has 0 saturated heterocycles. The van der Waals surface area contributed by atoms with Crippen molar-refractivity contribution in [3.05, 3.63) is 450 Å². The maximum Gasteiger partial charge on any atom is 3.00 e. The molecule has 32 nitrogen and oxygen atoms in total. The summed E-state index contributed by atoms with van der Waals surface area (Å²) in [5, 5.41) is 102. The minimum atomic E-state index is -3.90. The molecule has 0 aliphatic rings. The molecule has 0 aliphatic carbocycles. The van der Waals surface area contributed by atoms with Crippen LogP contribution in [0.25, 0.3) is 0 Å². The third-order valence-electron chi connectivity index (χ3n) is 20.7. The van der Waals surface area contributed by atoms with Crippen molar-refractivity contribution in [2.24, 2.45) is 0 Å². The second-order valence-corrected chi connectivity index (χ2v) is 47.3. The van der Waals surface area contributed by atoms with Crippen LogP contribution in [0.15, 0.2) is 291 Å². The zero-order chi connectivity index (χ0) is 99.7. The van der Waals surface area contributed by atoms with Gasteiger partial charge in [-0.1, -0.05) is 291 Å². The van der Waals surface area contributed by atoms with Crippen LogP contribution in [0.5, 0.6) is 0 Å². The average molecular weight is 2090 g/mol. The van der Waals surface area contributed by atoms with Crippen molar-refractivity contribution in [3.63, 3.8) is 0 Å². The van der Waals surface area contributed by atoms with Crippen molar-refractivity contribution < 1.29 is 128 Å². The molecule has 0 heterocycles. The van der Waals surface area contributed by atoms with Crippen LogP contribution in [0.4, 0.5) is 0 Å². The van der Waals surface area contributed by atoms with Gasteiger partial charge in [0.2, 0.25) is 0 Å². The van der Waals surface area contributed by atoms with E-state index in [9.17, 15) is 0 Å². The number of aryl methyl sites for hydroxylation is 12. The van der Waals surface area contributed by atoms with E-state index >= 15 is 27.4 Å². The van der Waals surface area contributed by atoms with E-state index in [4.69, 9.17) is 102 Å². The Morgan fingerprint density at radius 3 is 0.410 bits per heavy atom. The predicted molar refractivity (Wildman–Crippen MR) is 528 cm³/mol. The topological polar surface area (TPSA) is 533 Å². The fourth-order valence-electron chi connectivity index (χ4n) is 15.4. The second-order valence-electron chi connectivity index (χ2n) is 29.2. The number of hydrogen-bond donors (Lipinski definition) is 0. The quantitative estimate of drug-likeness (QED) is 0.0345. The molecule has 134 heavy (non-hydrogen) atoms. The summed E-state index contributed by atoms with van der Waals surface area (Å²) in [6, 6.07) is 95.2. The molecule has 12 aromatic rings. The van der Waals surface area contributed by atoms with Gasteiger partial charge in [0.1, 0.15) is 14.3 Å². The Bertz CT molecular complexity index is 5340. The van der Waals surface area contributed by atoms with Gasteiger partial charge < -0.3 is 124 Å². The predicted octanol–water partition coefficient (Wildman–Crippen LogP) is 18.5. The molecular formula is C94H103N7O25P6Y2. The van der Waals surface area contributed by atoms with Gasteiger partial charge in [0.15, 0.2) is 28.6 Å². The molecule has 0 bridgehead atoms. The van der Waals surface area contributed by atoms with Gasteiger partial charge in [0.25, 0.3) is 0 Å². The van der Waals surface area contributed by atoms with Gasteiger partial charge >= 0.3 is 65.4 Å². The van der Waals surface area contributed by atoms with Crippen molar-refractivity contribution in [3.8, 4) is 6.07 Å². The Labute approximate surface area is 829 Å². The van der Waals surface area contributed by atoms with Gasteiger partial charge in [-0.3, -0.25) is 0 Å². The Hall–Kier alpha value is -11.1. The summed E-state index contributed by atoms with van der Waals surface area (Å²) in [5.74, 6) is 0. The molecule has 0 fully saturated rings. The van der Waals surface area contributed by atoms with Crippen LogP contribution >= 0.6 is 42.9 Å². The van der Waals surface area contributed by atoms with Crippen molar-refractivity contribution in [2.45, 2.75) is 115 Å². The summed E-state index contributed by atoms with van der Waals surface area (Å²) in [5.41, 5.74) is 10.4. The van der Waals surface area contributed by atoms with Crippen molar-refractivity contribution in [1.82, 2.24) is 0 Å². The molecular weight excluding hydrogens is 1990 g/mol. The molecule has 40 heteroatoms. The van der Waals surface area contributed by atoms with E-state index in [0.29, 0.717) is 63.7 Å². The molecule has 0 unspecified atom stereocenters. The van der Waals surface area contributed by atoms with Crippen molar-refractivity contribution in [1.29, 1.82) is 5.26 Å². The molecule has 0 aliphatic heterocycles. The SMILES string of the molecule is CC#N.CCOCC.Cc1ccccc1P(=O)(CC(P(=O)(c1ccccc1C)c1ccccc1C)P(=O)(c1ccccc1C)c1ccccc1C)c1ccccc1C.Cc1ccccc1P(=O)(CC(P(=O)(c1ccccc1C)c1ccccc1C)P(=O)(c1ccccc1C)c1ccccc1C)c1ccccc1C.O=[N+]([O-])[O-].O=[N+]([O-])[O-].O=[N+]([O-])[O-].O=[N+]([O-])[O-].O=[N+]([O-])[O-].O=[N+]([O-])[O-].[Y+3].[Y+3]. The first-order valence-electron chi connectivity index (χ1n) is 40.2. The van der Waals surface area contributed by atoms with E-state index in [1.165, 1.54) is 6.92 Å². The first kappa shape index (κ1) is 121. The Balaban J connectivity index is 0.00000100. The maximum atomic E-state index is 17.2. The largest absolute Gasteiger partial charge is 3.00 e. The van der Waals surface area contributed by atoms with E-state index in [2.05, 4.69) is 0 Å². The third kappa shape index (κ3) is 33.2. The molecule has 12 aromatic carbocycles. The molecule has 12 rings (SSSR count). The minimum absolute atomic E-state index is 0.